The first-order chi connectivity index (χ1) is 11.5. The molecule has 0 radical (unpaired) electrons. The fraction of sp³-hybridized carbons (Fsp3) is 0.333. The molecule has 2 fully saturated rings. The molecule has 5 nitrogen and oxygen atoms in total. The Bertz CT molecular complexity index is 776. The number of rotatable bonds is 4. The van der Waals surface area contributed by atoms with Crippen molar-refractivity contribution >= 4 is 29.2 Å². The standard InChI is InChI=1S/C18H16ClNO4/c1-2-4-13-18-8-7-12(24-18)14(17(22)23)15(18)16(21)20(13)11-6-3-5-10(19)9-11/h2-3,5-9,12-15H,1,4H2,(H,22,23)/t12-,13?,14?,15?,18-/m1/s1. The number of carboxylic acids is 1. The molecule has 3 aliphatic heterocycles. The summed E-state index contributed by atoms with van der Waals surface area (Å²) in [7, 11) is 0. The van der Waals surface area contributed by atoms with E-state index in [0.29, 0.717) is 17.1 Å². The Hall–Kier alpha value is -2.11. The third-order valence-electron chi connectivity index (χ3n) is 5.18. The second kappa shape index (κ2) is 5.19. The minimum atomic E-state index is -1.00. The van der Waals surface area contributed by atoms with Gasteiger partial charge in [-0.25, -0.2) is 0 Å². The van der Waals surface area contributed by atoms with Crippen LogP contribution in [-0.2, 0) is 14.3 Å². The van der Waals surface area contributed by atoms with Crippen LogP contribution in [0.25, 0.3) is 0 Å². The van der Waals surface area contributed by atoms with E-state index in [1.165, 1.54) is 0 Å². The summed E-state index contributed by atoms with van der Waals surface area (Å²) in [5.74, 6) is -2.83. The number of nitrogens with zero attached hydrogens (tertiary/aromatic N) is 1. The number of fused-ring (bicyclic) bond motifs is 1. The first-order valence-electron chi connectivity index (χ1n) is 7.79. The van der Waals surface area contributed by atoms with Crippen molar-refractivity contribution in [1.29, 1.82) is 0 Å². The normalized spacial score (nSPS) is 36.2. The monoisotopic (exact) mass is 345 g/mol. The molecule has 124 valence electrons. The topological polar surface area (TPSA) is 66.8 Å². The number of carbonyl (C=O) groups is 2. The van der Waals surface area contributed by atoms with Gasteiger partial charge in [-0.1, -0.05) is 35.9 Å². The van der Waals surface area contributed by atoms with E-state index in [0.717, 1.165) is 0 Å². The van der Waals surface area contributed by atoms with Crippen molar-refractivity contribution in [2.45, 2.75) is 24.2 Å². The predicted octanol–water partition coefficient (Wildman–Crippen LogP) is 2.66. The van der Waals surface area contributed by atoms with E-state index in [1.54, 1.807) is 41.3 Å². The molecule has 5 atom stereocenters. The molecule has 1 amide bonds. The van der Waals surface area contributed by atoms with Gasteiger partial charge in [-0.05, 0) is 24.6 Å². The molecule has 0 aliphatic carbocycles. The molecule has 1 N–H and O–H groups in total. The summed E-state index contributed by atoms with van der Waals surface area (Å²) in [6.45, 7) is 3.78. The Morgan fingerprint density at radius 3 is 2.96 bits per heavy atom. The third kappa shape index (κ3) is 1.85. The first kappa shape index (κ1) is 15.4. The Balaban J connectivity index is 1.85. The largest absolute Gasteiger partial charge is 0.481 e. The number of anilines is 1. The minimum Gasteiger partial charge on any atom is -0.481 e. The van der Waals surface area contributed by atoms with Gasteiger partial charge in [-0.3, -0.25) is 9.59 Å². The van der Waals surface area contributed by atoms with Gasteiger partial charge in [0.25, 0.3) is 0 Å². The molecule has 2 saturated heterocycles. The Kier molecular flexibility index (Phi) is 3.34. The molecule has 1 aromatic carbocycles. The van der Waals surface area contributed by atoms with Gasteiger partial charge in [0.1, 0.15) is 11.5 Å². The SMILES string of the molecule is C=CCC1N(c2cccc(Cl)c2)C(=O)C2C(C(=O)O)[C@H]3C=C[C@]21O3. The number of amides is 1. The molecule has 3 unspecified atom stereocenters. The van der Waals surface area contributed by atoms with Gasteiger partial charge in [-0.15, -0.1) is 6.58 Å². The van der Waals surface area contributed by atoms with Gasteiger partial charge in [0.05, 0.1) is 18.1 Å². The van der Waals surface area contributed by atoms with Crippen molar-refractivity contribution in [3.8, 4) is 0 Å². The molecule has 24 heavy (non-hydrogen) atoms. The van der Waals surface area contributed by atoms with Gasteiger partial charge in [-0.2, -0.15) is 0 Å². The molecule has 6 heteroatoms. The summed E-state index contributed by atoms with van der Waals surface area (Å²) < 4.78 is 6.04. The van der Waals surface area contributed by atoms with Crippen molar-refractivity contribution in [3.63, 3.8) is 0 Å². The molecule has 1 aromatic rings. The van der Waals surface area contributed by atoms with Crippen LogP contribution in [0.15, 0.2) is 49.1 Å². The van der Waals surface area contributed by atoms with Crippen LogP contribution in [0.5, 0.6) is 0 Å². The number of carboxylic acid groups (broad SMARTS) is 1. The molecule has 3 aliphatic rings. The second-order valence-corrected chi connectivity index (χ2v) is 6.80. The zero-order chi connectivity index (χ0) is 17.1. The van der Waals surface area contributed by atoms with Crippen molar-refractivity contribution < 1.29 is 19.4 Å². The summed E-state index contributed by atoms with van der Waals surface area (Å²) in [5, 5.41) is 10.1. The fourth-order valence-electron chi connectivity index (χ4n) is 4.31. The average Bonchev–Trinajstić information content (AvgIpc) is 3.17. The van der Waals surface area contributed by atoms with E-state index in [9.17, 15) is 14.7 Å². The Morgan fingerprint density at radius 2 is 2.29 bits per heavy atom. The Morgan fingerprint density at radius 1 is 1.50 bits per heavy atom. The van der Waals surface area contributed by atoms with Crippen LogP contribution in [-0.4, -0.2) is 34.7 Å². The van der Waals surface area contributed by atoms with Crippen LogP contribution in [0, 0.1) is 11.8 Å². The number of ether oxygens (including phenoxy) is 1. The van der Waals surface area contributed by atoms with Crippen molar-refractivity contribution in [3.05, 3.63) is 54.1 Å². The van der Waals surface area contributed by atoms with Crippen LogP contribution in [0.2, 0.25) is 5.02 Å². The summed E-state index contributed by atoms with van der Waals surface area (Å²) >= 11 is 6.07. The zero-order valence-electron chi connectivity index (χ0n) is 12.8. The Labute approximate surface area is 144 Å². The lowest BCUT2D eigenvalue weighted by molar-refractivity contribution is -0.146. The highest BCUT2D eigenvalue weighted by molar-refractivity contribution is 6.31. The molecular weight excluding hydrogens is 330 g/mol. The highest BCUT2D eigenvalue weighted by Crippen LogP contribution is 2.56. The predicted molar refractivity (Wildman–Crippen MR) is 88.9 cm³/mol. The maximum atomic E-state index is 13.2. The van der Waals surface area contributed by atoms with Crippen molar-refractivity contribution in [2.75, 3.05) is 4.90 Å². The van der Waals surface area contributed by atoms with Crippen LogP contribution in [0.3, 0.4) is 0 Å². The highest BCUT2D eigenvalue weighted by Gasteiger charge is 2.71. The highest BCUT2D eigenvalue weighted by atomic mass is 35.5. The number of halogens is 1. The van der Waals surface area contributed by atoms with E-state index in [-0.39, 0.29) is 11.9 Å². The van der Waals surface area contributed by atoms with Crippen molar-refractivity contribution in [2.24, 2.45) is 11.8 Å². The second-order valence-electron chi connectivity index (χ2n) is 6.37. The summed E-state index contributed by atoms with van der Waals surface area (Å²) in [5.41, 5.74) is -0.269. The lowest BCUT2D eigenvalue weighted by Crippen LogP contribution is -2.45. The van der Waals surface area contributed by atoms with Crippen molar-refractivity contribution in [1.82, 2.24) is 0 Å². The number of benzene rings is 1. The molecular formula is C18H16ClNO4. The van der Waals surface area contributed by atoms with Crippen LogP contribution >= 0.6 is 11.6 Å². The van der Waals surface area contributed by atoms with Crippen LogP contribution in [0.4, 0.5) is 5.69 Å². The van der Waals surface area contributed by atoms with E-state index in [4.69, 9.17) is 16.3 Å². The molecule has 1 spiro atoms. The lowest BCUT2D eigenvalue weighted by Gasteiger charge is -2.32. The van der Waals surface area contributed by atoms with E-state index < -0.39 is 29.5 Å². The lowest BCUT2D eigenvalue weighted by atomic mass is 9.74. The van der Waals surface area contributed by atoms with Gasteiger partial charge >= 0.3 is 5.97 Å². The first-order valence-corrected chi connectivity index (χ1v) is 8.17. The third-order valence-corrected chi connectivity index (χ3v) is 5.42. The quantitative estimate of drug-likeness (QED) is 0.852. The van der Waals surface area contributed by atoms with E-state index in [1.807, 2.05) is 6.08 Å². The average molecular weight is 346 g/mol. The zero-order valence-corrected chi connectivity index (χ0v) is 13.5. The molecule has 0 saturated carbocycles. The minimum absolute atomic E-state index is 0.233. The van der Waals surface area contributed by atoms with E-state index in [2.05, 4.69) is 6.58 Å². The maximum absolute atomic E-state index is 13.2. The number of carbonyl (C=O) groups excluding carboxylic acids is 1. The van der Waals surface area contributed by atoms with Gasteiger partial charge in [0.15, 0.2) is 0 Å². The fourth-order valence-corrected chi connectivity index (χ4v) is 4.50. The molecule has 4 rings (SSSR count). The molecule has 0 aromatic heterocycles. The number of hydrogen-bond donors (Lipinski definition) is 1. The summed E-state index contributed by atoms with van der Waals surface area (Å²) in [6, 6.07) is 6.67. The molecule has 3 heterocycles. The van der Waals surface area contributed by atoms with E-state index >= 15 is 0 Å². The van der Waals surface area contributed by atoms with Gasteiger partial charge < -0.3 is 14.7 Å². The molecule has 2 bridgehead atoms. The van der Waals surface area contributed by atoms with Gasteiger partial charge in [0, 0.05) is 10.7 Å². The van der Waals surface area contributed by atoms with Crippen LogP contribution in [0.1, 0.15) is 6.42 Å². The maximum Gasteiger partial charge on any atom is 0.310 e. The summed E-state index contributed by atoms with van der Waals surface area (Å²) in [4.78, 5) is 26.5. The summed E-state index contributed by atoms with van der Waals surface area (Å²) in [6.07, 6.45) is 5.30. The smallest absolute Gasteiger partial charge is 0.310 e. The number of aliphatic carboxylic acids is 1. The van der Waals surface area contributed by atoms with Gasteiger partial charge in [0.2, 0.25) is 5.91 Å². The van der Waals surface area contributed by atoms with Crippen LogP contribution < -0.4 is 4.90 Å². The number of hydrogen-bond acceptors (Lipinski definition) is 3.